The maximum Gasteiger partial charge on any atom is 0.226 e. The molecule has 0 aliphatic heterocycles. The summed E-state index contributed by atoms with van der Waals surface area (Å²) >= 11 is 6.48. The largest absolute Gasteiger partial charge is 0.334 e. The van der Waals surface area contributed by atoms with Crippen LogP contribution in [0.3, 0.4) is 0 Å². The summed E-state index contributed by atoms with van der Waals surface area (Å²) in [4.78, 5) is 23.4. The summed E-state index contributed by atoms with van der Waals surface area (Å²) in [6.45, 7) is 5.15. The first-order chi connectivity index (χ1) is 13.0. The zero-order chi connectivity index (χ0) is 19.0. The molecule has 1 amide bonds. The number of carbonyl (C=O) groups excluding carboxylic acids is 1. The van der Waals surface area contributed by atoms with Crippen molar-refractivity contribution < 1.29 is 4.79 Å². The number of aryl methyl sites for hydroxylation is 2. The lowest BCUT2D eigenvalue weighted by atomic mass is 10.0. The Morgan fingerprint density at radius 3 is 2.67 bits per heavy atom. The van der Waals surface area contributed by atoms with Gasteiger partial charge in [0.05, 0.1) is 5.52 Å². The van der Waals surface area contributed by atoms with Gasteiger partial charge in [-0.15, -0.1) is 0 Å². The van der Waals surface area contributed by atoms with Gasteiger partial charge in [-0.2, -0.15) is 0 Å². The zero-order valence-corrected chi connectivity index (χ0v) is 16.3. The Kier molecular flexibility index (Phi) is 4.83. The van der Waals surface area contributed by atoms with Gasteiger partial charge >= 0.3 is 0 Å². The molecule has 5 heteroatoms. The second kappa shape index (κ2) is 7.28. The van der Waals surface area contributed by atoms with Gasteiger partial charge in [0, 0.05) is 42.4 Å². The minimum Gasteiger partial charge on any atom is -0.334 e. The third-order valence-corrected chi connectivity index (χ3v) is 5.48. The molecule has 1 aromatic carbocycles. The number of fused-ring (bicyclic) bond motifs is 1. The van der Waals surface area contributed by atoms with Gasteiger partial charge in [0.25, 0.3) is 0 Å². The molecule has 4 nitrogen and oxygen atoms in total. The van der Waals surface area contributed by atoms with Crippen molar-refractivity contribution in [1.82, 2.24) is 14.9 Å². The number of hydrogen-bond acceptors (Lipinski definition) is 3. The summed E-state index contributed by atoms with van der Waals surface area (Å²) in [5, 5.41) is 1.52. The van der Waals surface area contributed by atoms with E-state index < -0.39 is 0 Å². The van der Waals surface area contributed by atoms with Crippen LogP contribution in [0.2, 0.25) is 5.15 Å². The second-order valence-electron chi connectivity index (χ2n) is 7.40. The molecule has 0 N–H and O–H groups in total. The van der Waals surface area contributed by atoms with Crippen LogP contribution in [0, 0.1) is 19.8 Å². The van der Waals surface area contributed by atoms with Crippen LogP contribution in [0.5, 0.6) is 0 Å². The van der Waals surface area contributed by atoms with Crippen LogP contribution >= 0.6 is 11.6 Å². The Morgan fingerprint density at radius 2 is 1.96 bits per heavy atom. The molecule has 138 valence electrons. The fourth-order valence-electron chi connectivity index (χ4n) is 3.29. The Balaban J connectivity index is 1.66. The van der Waals surface area contributed by atoms with E-state index in [0.29, 0.717) is 18.2 Å². The molecule has 2 aromatic heterocycles. The summed E-state index contributed by atoms with van der Waals surface area (Å²) in [5.41, 5.74) is 5.20. The summed E-state index contributed by atoms with van der Waals surface area (Å²) in [5.74, 6) is 0.342. The molecule has 0 unspecified atom stereocenters. The van der Waals surface area contributed by atoms with Crippen LogP contribution in [0.25, 0.3) is 10.9 Å². The molecule has 0 atom stereocenters. The Labute approximate surface area is 164 Å². The van der Waals surface area contributed by atoms with Crippen molar-refractivity contribution >= 4 is 28.4 Å². The number of benzene rings is 1. The van der Waals surface area contributed by atoms with E-state index in [4.69, 9.17) is 11.6 Å². The third-order valence-electron chi connectivity index (χ3n) is 5.15. The second-order valence-corrected chi connectivity index (χ2v) is 7.76. The summed E-state index contributed by atoms with van der Waals surface area (Å²) in [6.07, 6.45) is 5.50. The van der Waals surface area contributed by atoms with Gasteiger partial charge in [0.15, 0.2) is 0 Å². The van der Waals surface area contributed by atoms with E-state index in [-0.39, 0.29) is 11.8 Å². The monoisotopic (exact) mass is 379 g/mol. The minimum absolute atomic E-state index is 0.152. The Morgan fingerprint density at radius 1 is 1.19 bits per heavy atom. The molecule has 1 aliphatic carbocycles. The maximum atomic E-state index is 12.8. The molecule has 0 bridgehead atoms. The lowest BCUT2D eigenvalue weighted by molar-refractivity contribution is -0.133. The molecule has 1 fully saturated rings. The van der Waals surface area contributed by atoms with E-state index in [1.165, 1.54) is 11.1 Å². The van der Waals surface area contributed by atoms with Crippen LogP contribution in [0.15, 0.2) is 42.7 Å². The molecular formula is C22H22ClN3O. The van der Waals surface area contributed by atoms with Gasteiger partial charge in [0.2, 0.25) is 5.91 Å². The van der Waals surface area contributed by atoms with E-state index in [1.807, 2.05) is 17.0 Å². The lowest BCUT2D eigenvalue weighted by Crippen LogP contribution is -2.31. The van der Waals surface area contributed by atoms with E-state index in [2.05, 4.69) is 42.0 Å². The molecule has 0 spiro atoms. The highest BCUT2D eigenvalue weighted by atomic mass is 35.5. The first kappa shape index (κ1) is 17.9. The molecule has 4 rings (SSSR count). The van der Waals surface area contributed by atoms with Gasteiger partial charge in [-0.25, -0.2) is 4.98 Å². The number of hydrogen-bond donors (Lipinski definition) is 0. The molecule has 2 heterocycles. The highest BCUT2D eigenvalue weighted by Gasteiger charge is 2.33. The van der Waals surface area contributed by atoms with Crippen molar-refractivity contribution in [2.24, 2.45) is 5.92 Å². The number of rotatable bonds is 5. The molecule has 0 saturated heterocycles. The maximum absolute atomic E-state index is 12.8. The highest BCUT2D eigenvalue weighted by Crippen LogP contribution is 2.33. The van der Waals surface area contributed by atoms with Crippen molar-refractivity contribution in [1.29, 1.82) is 0 Å². The average molecular weight is 380 g/mol. The number of amides is 1. The first-order valence-corrected chi connectivity index (χ1v) is 9.63. The summed E-state index contributed by atoms with van der Waals surface area (Å²) in [7, 11) is 0. The van der Waals surface area contributed by atoms with Crippen molar-refractivity contribution in [3.8, 4) is 0 Å². The molecule has 3 aromatic rings. The quantitative estimate of drug-likeness (QED) is 0.596. The molecule has 1 aliphatic rings. The molecular weight excluding hydrogens is 358 g/mol. The Hall–Kier alpha value is -2.46. The number of aromatic nitrogens is 2. The van der Waals surface area contributed by atoms with Crippen LogP contribution < -0.4 is 0 Å². The van der Waals surface area contributed by atoms with Gasteiger partial charge in [-0.3, -0.25) is 9.78 Å². The highest BCUT2D eigenvalue weighted by molar-refractivity contribution is 6.30. The normalized spacial score (nSPS) is 13.7. The predicted molar refractivity (Wildman–Crippen MR) is 107 cm³/mol. The van der Waals surface area contributed by atoms with E-state index in [1.54, 1.807) is 12.4 Å². The topological polar surface area (TPSA) is 46.1 Å². The summed E-state index contributed by atoms with van der Waals surface area (Å²) < 4.78 is 0. The van der Waals surface area contributed by atoms with E-state index in [0.717, 1.165) is 34.9 Å². The van der Waals surface area contributed by atoms with Gasteiger partial charge in [-0.05, 0) is 67.6 Å². The average Bonchev–Trinajstić information content (AvgIpc) is 3.49. The molecule has 1 saturated carbocycles. The van der Waals surface area contributed by atoms with Crippen molar-refractivity contribution in [3.05, 3.63) is 70.1 Å². The van der Waals surface area contributed by atoms with Crippen molar-refractivity contribution in [2.75, 3.05) is 0 Å². The fourth-order valence-corrected chi connectivity index (χ4v) is 3.49. The zero-order valence-electron chi connectivity index (χ0n) is 15.6. The number of pyridine rings is 2. The van der Waals surface area contributed by atoms with Gasteiger partial charge < -0.3 is 4.90 Å². The van der Waals surface area contributed by atoms with Gasteiger partial charge in [-0.1, -0.05) is 17.7 Å². The number of halogens is 1. The van der Waals surface area contributed by atoms with Crippen LogP contribution in [-0.4, -0.2) is 20.8 Å². The van der Waals surface area contributed by atoms with E-state index in [9.17, 15) is 4.79 Å². The predicted octanol–water partition coefficient (Wildman–Crippen LogP) is 4.84. The van der Waals surface area contributed by atoms with Gasteiger partial charge in [0.1, 0.15) is 5.15 Å². The smallest absolute Gasteiger partial charge is 0.226 e. The SMILES string of the molecule is Cc1cc2cc(CN(Cc3cccnc3)C(=O)C3CC3)c(Cl)nc2cc1C. The summed E-state index contributed by atoms with van der Waals surface area (Å²) in [6, 6.07) is 10.1. The Bertz CT molecular complexity index is 999. The van der Waals surface area contributed by atoms with Crippen LogP contribution in [-0.2, 0) is 17.9 Å². The molecule has 0 radical (unpaired) electrons. The standard InChI is InChI=1S/C22H22ClN3O/c1-14-8-18-10-19(21(23)25-20(18)9-15(14)2)13-26(22(27)17-5-6-17)12-16-4-3-7-24-11-16/h3-4,7-11,17H,5-6,12-13H2,1-2H3. The fraction of sp³-hybridized carbons (Fsp3) is 0.318. The van der Waals surface area contributed by atoms with E-state index >= 15 is 0 Å². The van der Waals surface area contributed by atoms with Crippen molar-refractivity contribution in [3.63, 3.8) is 0 Å². The third kappa shape index (κ3) is 3.96. The number of nitrogens with zero attached hydrogens (tertiary/aromatic N) is 3. The van der Waals surface area contributed by atoms with Crippen molar-refractivity contribution in [2.45, 2.75) is 39.8 Å². The lowest BCUT2D eigenvalue weighted by Gasteiger charge is -2.23. The van der Waals surface area contributed by atoms with Crippen LogP contribution in [0.4, 0.5) is 0 Å². The number of carbonyl (C=O) groups is 1. The van der Waals surface area contributed by atoms with Crippen LogP contribution in [0.1, 0.15) is 35.1 Å². The minimum atomic E-state index is 0.152. The molecule has 27 heavy (non-hydrogen) atoms. The first-order valence-electron chi connectivity index (χ1n) is 9.25.